The summed E-state index contributed by atoms with van der Waals surface area (Å²) in [6.45, 7) is 7.84. The number of aliphatic hydroxyl groups excluding tert-OH is 1. The molecule has 238 valence electrons. The van der Waals surface area contributed by atoms with E-state index in [0.29, 0.717) is 47.7 Å². The third-order valence-corrected chi connectivity index (χ3v) is 8.10. The Labute approximate surface area is 253 Å². The molecule has 1 aromatic carbocycles. The van der Waals surface area contributed by atoms with Gasteiger partial charge in [-0.1, -0.05) is 38.2 Å². The van der Waals surface area contributed by atoms with Crippen molar-refractivity contribution in [1.82, 2.24) is 0 Å². The van der Waals surface area contributed by atoms with Crippen LogP contribution in [-0.2, 0) is 25.4 Å². The topological polar surface area (TPSA) is 173 Å². The lowest BCUT2D eigenvalue weighted by molar-refractivity contribution is -0.112. The molecule has 0 aromatic heterocycles. The molecule has 0 radical (unpaired) electrons. The van der Waals surface area contributed by atoms with Gasteiger partial charge in [-0.25, -0.2) is 4.79 Å². The Hall–Kier alpha value is -3.54. The minimum atomic E-state index is -0.981. The summed E-state index contributed by atoms with van der Waals surface area (Å²) < 4.78 is 16.7. The summed E-state index contributed by atoms with van der Waals surface area (Å²) in [5, 5.41) is 39.6. The van der Waals surface area contributed by atoms with Gasteiger partial charge in [-0.15, -0.1) is 0 Å². The Kier molecular flexibility index (Phi) is 12.1. The van der Waals surface area contributed by atoms with Gasteiger partial charge in [0.1, 0.15) is 17.6 Å². The van der Waals surface area contributed by atoms with Crippen LogP contribution in [0.5, 0.6) is 11.5 Å². The van der Waals surface area contributed by atoms with Crippen LogP contribution in [0.4, 0.5) is 16.2 Å². The number of ether oxygens (including phenoxy) is 3. The van der Waals surface area contributed by atoms with E-state index < -0.39 is 42.3 Å². The van der Waals surface area contributed by atoms with E-state index in [1.54, 1.807) is 38.2 Å². The molecule has 11 heteroatoms. The molecule has 0 spiro atoms. The van der Waals surface area contributed by atoms with E-state index in [2.05, 4.69) is 10.6 Å². The van der Waals surface area contributed by atoms with Gasteiger partial charge in [-0.2, -0.15) is 0 Å². The molecule has 7 N–H and O–H groups in total. The predicted octanol–water partition coefficient (Wildman–Crippen LogP) is 4.38. The molecule has 1 saturated carbocycles. The number of phenolic OH excluding ortho intramolecular Hbond substituents is 2. The first-order chi connectivity index (χ1) is 20.4. The minimum Gasteiger partial charge on any atom is -0.506 e. The highest BCUT2D eigenvalue weighted by molar-refractivity contribution is 6.04. The van der Waals surface area contributed by atoms with E-state index in [-0.39, 0.29) is 23.1 Å². The highest BCUT2D eigenvalue weighted by atomic mass is 16.6. The van der Waals surface area contributed by atoms with Crippen molar-refractivity contribution in [1.29, 1.82) is 0 Å². The Morgan fingerprint density at radius 2 is 1.86 bits per heavy atom. The number of primary amides is 1. The number of fused-ring (bicyclic) bond motifs is 2. The lowest BCUT2D eigenvalue weighted by Crippen LogP contribution is -2.37. The molecule has 1 fully saturated rings. The van der Waals surface area contributed by atoms with E-state index in [9.17, 15) is 24.9 Å². The Morgan fingerprint density at radius 1 is 1.16 bits per heavy atom. The van der Waals surface area contributed by atoms with E-state index >= 15 is 0 Å². The van der Waals surface area contributed by atoms with Crippen LogP contribution in [0, 0.1) is 17.8 Å². The van der Waals surface area contributed by atoms with Gasteiger partial charge in [0.25, 0.3) is 5.91 Å². The van der Waals surface area contributed by atoms with Crippen LogP contribution in [-0.4, -0.2) is 72.5 Å². The molecule has 6 atom stereocenters. The number of aromatic hydroxyl groups is 2. The maximum Gasteiger partial charge on any atom is 0.405 e. The molecule has 2 aliphatic rings. The second-order valence-corrected chi connectivity index (χ2v) is 11.8. The number of nitrogens with two attached hydrogens (primary N) is 1. The number of aliphatic hydroxyl groups is 1. The van der Waals surface area contributed by atoms with Crippen molar-refractivity contribution in [3.8, 4) is 11.5 Å². The summed E-state index contributed by atoms with van der Waals surface area (Å²) in [6.07, 6.45) is 5.45. The molecule has 11 nitrogen and oxygen atoms in total. The van der Waals surface area contributed by atoms with Gasteiger partial charge in [-0.05, 0) is 56.9 Å². The molecule has 2 bridgehead atoms. The van der Waals surface area contributed by atoms with Crippen molar-refractivity contribution in [2.24, 2.45) is 23.5 Å². The summed E-state index contributed by atoms with van der Waals surface area (Å²) in [7, 11) is 2.98. The van der Waals surface area contributed by atoms with Crippen molar-refractivity contribution in [2.45, 2.75) is 77.8 Å². The number of rotatable bonds is 6. The van der Waals surface area contributed by atoms with Crippen molar-refractivity contribution >= 4 is 23.4 Å². The number of nitrogens with one attached hydrogen (secondary N) is 2. The summed E-state index contributed by atoms with van der Waals surface area (Å²) in [5.74, 6) is -0.687. The summed E-state index contributed by atoms with van der Waals surface area (Å²) in [6, 6.07) is 1.34. The number of carbonyl (C=O) groups excluding carboxylic acids is 2. The SMILES string of the molecule is CO[C@H]1/C=C\C=C(/C)C(=O)Nc2cc(O)c(NCC3CC3)c(c2O)C[C@@H](C)C[C@H](OC)[C@H](O)[C@@H](C)/C=C(\C)[C@@H]1OC(N)=O. The zero-order valence-corrected chi connectivity index (χ0v) is 25.9. The van der Waals surface area contributed by atoms with Gasteiger partial charge < -0.3 is 45.9 Å². The number of allylic oxidation sites excluding steroid dienone is 2. The van der Waals surface area contributed by atoms with E-state index in [0.717, 1.165) is 12.8 Å². The Balaban J connectivity index is 2.08. The third kappa shape index (κ3) is 9.22. The predicted molar refractivity (Wildman–Crippen MR) is 165 cm³/mol. The largest absolute Gasteiger partial charge is 0.506 e. The van der Waals surface area contributed by atoms with Crippen molar-refractivity contribution in [3.63, 3.8) is 0 Å². The van der Waals surface area contributed by atoms with E-state index in [4.69, 9.17) is 19.9 Å². The fraction of sp³-hybridized carbons (Fsp3) is 0.562. The number of hydrogen-bond donors (Lipinski definition) is 6. The first-order valence-electron chi connectivity index (χ1n) is 14.7. The van der Waals surface area contributed by atoms with Gasteiger partial charge in [0.05, 0.1) is 23.6 Å². The monoisotopic (exact) mass is 601 g/mol. The van der Waals surface area contributed by atoms with Crippen LogP contribution >= 0.6 is 0 Å². The molecule has 1 aliphatic heterocycles. The van der Waals surface area contributed by atoms with Gasteiger partial charge in [0.2, 0.25) is 0 Å². The van der Waals surface area contributed by atoms with Crippen LogP contribution in [0.2, 0.25) is 0 Å². The number of benzene rings is 1. The molecule has 1 heterocycles. The molecule has 43 heavy (non-hydrogen) atoms. The second-order valence-electron chi connectivity index (χ2n) is 11.8. The van der Waals surface area contributed by atoms with Gasteiger partial charge in [-0.3, -0.25) is 4.79 Å². The van der Waals surface area contributed by atoms with E-state index in [1.165, 1.54) is 20.3 Å². The van der Waals surface area contributed by atoms with Gasteiger partial charge in [0, 0.05) is 43.9 Å². The highest BCUT2D eigenvalue weighted by Gasteiger charge is 2.30. The number of amides is 2. The second kappa shape index (κ2) is 15.3. The third-order valence-electron chi connectivity index (χ3n) is 8.10. The first-order valence-corrected chi connectivity index (χ1v) is 14.7. The summed E-state index contributed by atoms with van der Waals surface area (Å²) in [5.41, 5.74) is 7.28. The van der Waals surface area contributed by atoms with Crippen LogP contribution in [0.25, 0.3) is 0 Å². The number of anilines is 2. The number of methoxy groups -OCH3 is 2. The molecular weight excluding hydrogens is 554 g/mol. The van der Waals surface area contributed by atoms with Gasteiger partial charge >= 0.3 is 6.09 Å². The normalized spacial score (nSPS) is 30.7. The zero-order chi connectivity index (χ0) is 31.8. The number of hydrogen-bond acceptors (Lipinski definition) is 9. The maximum absolute atomic E-state index is 13.1. The molecule has 1 aromatic rings. The standard InChI is InChI=1S/C32H47N3O8/c1-17-12-22-27(34-16-21-10-11-21)24(36)15-23(29(22)38)35-31(39)18(2)8-7-9-25(41-5)30(43-32(33)40)20(4)14-19(3)28(37)26(13-17)42-6/h7-9,14-15,17,19,21,25-26,28,30,34,36-38H,10-13,16H2,1-6H3,(H2,33,40)(H,35,39)/b9-7-,18-8+,20-14+/t17-,19+,25+,26+,28-,30+/m1/s1. The quantitative estimate of drug-likeness (QED) is 0.157. The average Bonchev–Trinajstić information content (AvgIpc) is 3.78. The Morgan fingerprint density at radius 3 is 2.47 bits per heavy atom. The zero-order valence-electron chi connectivity index (χ0n) is 25.9. The molecule has 2 amide bonds. The fourth-order valence-corrected chi connectivity index (χ4v) is 5.38. The summed E-state index contributed by atoms with van der Waals surface area (Å²) >= 11 is 0. The Bertz CT molecular complexity index is 1240. The maximum atomic E-state index is 13.1. The number of phenols is 2. The van der Waals surface area contributed by atoms with Crippen LogP contribution in [0.3, 0.4) is 0 Å². The first kappa shape index (κ1) is 34.0. The van der Waals surface area contributed by atoms with E-state index in [1.807, 2.05) is 13.8 Å². The van der Waals surface area contributed by atoms with Crippen molar-refractivity contribution < 1.29 is 39.1 Å². The molecular formula is C32H47N3O8. The highest BCUT2D eigenvalue weighted by Crippen LogP contribution is 2.43. The van der Waals surface area contributed by atoms with Crippen LogP contribution in [0.1, 0.15) is 52.5 Å². The minimum absolute atomic E-state index is 0.0793. The molecule has 1 aliphatic carbocycles. The lowest BCUT2D eigenvalue weighted by Gasteiger charge is -2.29. The van der Waals surface area contributed by atoms with Gasteiger partial charge in [0.15, 0.2) is 6.10 Å². The molecule has 0 unspecified atom stereocenters. The number of carbonyl (C=O) groups is 2. The van der Waals surface area contributed by atoms with Crippen LogP contribution < -0.4 is 16.4 Å². The lowest BCUT2D eigenvalue weighted by atomic mass is 9.87. The molecule has 3 rings (SSSR count). The smallest absolute Gasteiger partial charge is 0.405 e. The fourth-order valence-electron chi connectivity index (χ4n) is 5.38. The average molecular weight is 602 g/mol. The molecule has 0 saturated heterocycles. The van der Waals surface area contributed by atoms with Crippen molar-refractivity contribution in [2.75, 3.05) is 31.4 Å². The van der Waals surface area contributed by atoms with Crippen molar-refractivity contribution in [3.05, 3.63) is 47.1 Å². The summed E-state index contributed by atoms with van der Waals surface area (Å²) in [4.78, 5) is 24.8. The van der Waals surface area contributed by atoms with Crippen LogP contribution in [0.15, 0.2) is 41.5 Å².